The van der Waals surface area contributed by atoms with E-state index in [1.54, 1.807) is 46.5 Å². The molecule has 0 radical (unpaired) electrons. The molecule has 4 aromatic rings. The van der Waals surface area contributed by atoms with Gasteiger partial charge in [-0.25, -0.2) is 14.1 Å². The Balaban J connectivity index is 1.63. The second-order valence-electron chi connectivity index (χ2n) is 6.15. The highest BCUT2D eigenvalue weighted by molar-refractivity contribution is 7.71. The van der Waals surface area contributed by atoms with E-state index in [0.29, 0.717) is 27.9 Å². The Kier molecular flexibility index (Phi) is 6.03. The summed E-state index contributed by atoms with van der Waals surface area (Å²) in [6.07, 6.45) is 2.52. The summed E-state index contributed by atoms with van der Waals surface area (Å²) in [5.74, 6) is 0.881. The van der Waals surface area contributed by atoms with Crippen molar-refractivity contribution in [1.29, 1.82) is 0 Å². The summed E-state index contributed by atoms with van der Waals surface area (Å²) < 4.78 is 23.1. The predicted molar refractivity (Wildman–Crippen MR) is 114 cm³/mol. The van der Waals surface area contributed by atoms with Gasteiger partial charge < -0.3 is 4.74 Å². The molecule has 5 nitrogen and oxygen atoms in total. The molecule has 0 aliphatic rings. The van der Waals surface area contributed by atoms with Crippen molar-refractivity contribution in [3.63, 3.8) is 0 Å². The normalized spacial score (nSPS) is 11.0. The highest BCUT2D eigenvalue weighted by Gasteiger charge is 2.14. The predicted octanol–water partition coefficient (Wildman–Crippen LogP) is 5.47. The third-order valence-electron chi connectivity index (χ3n) is 4.19. The fraction of sp³-hybridized carbons (Fsp3) is 0.150. The van der Waals surface area contributed by atoms with Gasteiger partial charge in [0.1, 0.15) is 18.2 Å². The second-order valence-corrected chi connectivity index (χ2v) is 7.93. The number of halogens is 2. The number of thiazole rings is 1. The Bertz CT molecular complexity index is 1140. The Morgan fingerprint density at radius 2 is 1.86 bits per heavy atom. The van der Waals surface area contributed by atoms with Crippen LogP contribution in [0.1, 0.15) is 10.8 Å². The van der Waals surface area contributed by atoms with Gasteiger partial charge in [0.25, 0.3) is 0 Å². The molecule has 2 heterocycles. The SMILES string of the molecule is Fc1ccc(OCc2nn(CCc3nccs3)c(=S)n2-c2ccc(Cl)cc2)cc1. The lowest BCUT2D eigenvalue weighted by Gasteiger charge is -2.08. The Labute approximate surface area is 181 Å². The third-order valence-corrected chi connectivity index (χ3v) is 5.68. The Hall–Kier alpha value is -2.55. The van der Waals surface area contributed by atoms with Crippen LogP contribution < -0.4 is 4.74 Å². The maximum atomic E-state index is 13.1. The van der Waals surface area contributed by atoms with E-state index in [1.165, 1.54) is 12.1 Å². The molecule has 9 heteroatoms. The van der Waals surface area contributed by atoms with Crippen LogP contribution in [-0.2, 0) is 19.6 Å². The third kappa shape index (κ3) is 4.72. The molecule has 29 heavy (non-hydrogen) atoms. The quantitative estimate of drug-likeness (QED) is 0.353. The van der Waals surface area contributed by atoms with Crippen LogP contribution >= 0.6 is 35.2 Å². The number of benzene rings is 2. The first-order valence-electron chi connectivity index (χ1n) is 8.81. The minimum absolute atomic E-state index is 0.183. The van der Waals surface area contributed by atoms with Crippen molar-refractivity contribution < 1.29 is 9.13 Å². The Morgan fingerprint density at radius 1 is 1.10 bits per heavy atom. The molecule has 0 saturated heterocycles. The number of aromatic nitrogens is 4. The summed E-state index contributed by atoms with van der Waals surface area (Å²) in [5, 5.41) is 8.27. The van der Waals surface area contributed by atoms with Gasteiger partial charge in [-0.2, -0.15) is 5.10 Å². The van der Waals surface area contributed by atoms with Crippen molar-refractivity contribution in [3.05, 3.63) is 86.6 Å². The summed E-state index contributed by atoms with van der Waals surface area (Å²) in [4.78, 5) is 4.31. The average Bonchev–Trinajstić information content (AvgIpc) is 3.35. The molecule has 0 N–H and O–H groups in total. The molecule has 2 aromatic heterocycles. The molecule has 0 fully saturated rings. The fourth-order valence-electron chi connectivity index (χ4n) is 2.80. The van der Waals surface area contributed by atoms with E-state index in [-0.39, 0.29) is 12.4 Å². The number of aryl methyl sites for hydroxylation is 2. The zero-order valence-corrected chi connectivity index (χ0v) is 17.6. The average molecular weight is 447 g/mol. The van der Waals surface area contributed by atoms with Crippen LogP contribution in [0, 0.1) is 10.6 Å². The van der Waals surface area contributed by atoms with Crippen LogP contribution in [0.5, 0.6) is 5.75 Å². The molecule has 0 bridgehead atoms. The summed E-state index contributed by atoms with van der Waals surface area (Å²) in [6, 6.07) is 13.2. The highest BCUT2D eigenvalue weighted by atomic mass is 35.5. The number of ether oxygens (including phenoxy) is 1. The first-order chi connectivity index (χ1) is 14.1. The fourth-order valence-corrected chi connectivity index (χ4v) is 3.88. The molecule has 0 saturated carbocycles. The van der Waals surface area contributed by atoms with E-state index >= 15 is 0 Å². The first kappa shape index (κ1) is 19.8. The largest absolute Gasteiger partial charge is 0.486 e. The van der Waals surface area contributed by atoms with Gasteiger partial charge in [-0.1, -0.05) is 11.6 Å². The number of rotatable bonds is 7. The minimum atomic E-state index is -0.312. The van der Waals surface area contributed by atoms with Crippen molar-refractivity contribution in [2.45, 2.75) is 19.6 Å². The maximum absolute atomic E-state index is 13.1. The topological polar surface area (TPSA) is 44.9 Å². The van der Waals surface area contributed by atoms with Gasteiger partial charge >= 0.3 is 0 Å². The zero-order chi connectivity index (χ0) is 20.2. The number of nitrogens with zero attached hydrogens (tertiary/aromatic N) is 4. The molecule has 0 atom stereocenters. The van der Waals surface area contributed by atoms with E-state index in [4.69, 9.17) is 28.6 Å². The van der Waals surface area contributed by atoms with Crippen LogP contribution in [0.15, 0.2) is 60.1 Å². The van der Waals surface area contributed by atoms with Crippen molar-refractivity contribution in [2.75, 3.05) is 0 Å². The van der Waals surface area contributed by atoms with Gasteiger partial charge in [0.05, 0.1) is 11.6 Å². The van der Waals surface area contributed by atoms with E-state index in [2.05, 4.69) is 10.1 Å². The van der Waals surface area contributed by atoms with Crippen LogP contribution in [0.2, 0.25) is 5.02 Å². The second kappa shape index (κ2) is 8.86. The van der Waals surface area contributed by atoms with Gasteiger partial charge in [-0.15, -0.1) is 11.3 Å². The van der Waals surface area contributed by atoms with Crippen molar-refractivity contribution in [2.24, 2.45) is 0 Å². The van der Waals surface area contributed by atoms with Crippen LogP contribution in [-0.4, -0.2) is 19.3 Å². The van der Waals surface area contributed by atoms with Crippen molar-refractivity contribution in [3.8, 4) is 11.4 Å². The molecular weight excluding hydrogens is 431 g/mol. The maximum Gasteiger partial charge on any atom is 0.202 e. The van der Waals surface area contributed by atoms with Gasteiger partial charge in [-0.05, 0) is 60.7 Å². The Morgan fingerprint density at radius 3 is 2.55 bits per heavy atom. The lowest BCUT2D eigenvalue weighted by atomic mass is 10.3. The van der Waals surface area contributed by atoms with E-state index in [0.717, 1.165) is 17.1 Å². The molecule has 0 amide bonds. The molecule has 4 rings (SSSR count). The van der Waals surface area contributed by atoms with Gasteiger partial charge in [0, 0.05) is 28.7 Å². The summed E-state index contributed by atoms with van der Waals surface area (Å²) >= 11 is 13.3. The lowest BCUT2D eigenvalue weighted by Crippen LogP contribution is -2.05. The summed E-state index contributed by atoms with van der Waals surface area (Å²) in [7, 11) is 0. The standard InChI is InChI=1S/C20H16ClFN4OS2/c21-14-1-5-16(6-2-14)26-18(13-27-17-7-3-15(22)4-8-17)24-25(20(26)28)11-9-19-23-10-12-29-19/h1-8,10,12H,9,11,13H2. The molecule has 0 aliphatic carbocycles. The number of hydrogen-bond donors (Lipinski definition) is 0. The van der Waals surface area contributed by atoms with Crippen LogP contribution in [0.3, 0.4) is 0 Å². The van der Waals surface area contributed by atoms with E-state index < -0.39 is 0 Å². The molecule has 2 aromatic carbocycles. The van der Waals surface area contributed by atoms with Gasteiger partial charge in [0.2, 0.25) is 4.77 Å². The molecule has 0 aliphatic heterocycles. The zero-order valence-electron chi connectivity index (χ0n) is 15.2. The monoisotopic (exact) mass is 446 g/mol. The summed E-state index contributed by atoms with van der Waals surface area (Å²) in [6.45, 7) is 0.790. The molecule has 148 valence electrons. The van der Waals surface area contributed by atoms with Gasteiger partial charge in [0.15, 0.2) is 5.82 Å². The number of hydrogen-bond acceptors (Lipinski definition) is 5. The molecule has 0 spiro atoms. The van der Waals surface area contributed by atoms with Crippen molar-refractivity contribution in [1.82, 2.24) is 19.3 Å². The minimum Gasteiger partial charge on any atom is -0.486 e. The van der Waals surface area contributed by atoms with Crippen LogP contribution in [0.25, 0.3) is 5.69 Å². The summed E-state index contributed by atoms with van der Waals surface area (Å²) in [5.41, 5.74) is 0.845. The van der Waals surface area contributed by atoms with Crippen LogP contribution in [0.4, 0.5) is 4.39 Å². The van der Waals surface area contributed by atoms with E-state index in [9.17, 15) is 4.39 Å². The first-order valence-corrected chi connectivity index (χ1v) is 10.5. The highest BCUT2D eigenvalue weighted by Crippen LogP contribution is 2.19. The molecular formula is C20H16ClFN4OS2. The van der Waals surface area contributed by atoms with Gasteiger partial charge in [-0.3, -0.25) is 4.57 Å². The molecule has 0 unspecified atom stereocenters. The van der Waals surface area contributed by atoms with E-state index in [1.807, 2.05) is 22.1 Å². The van der Waals surface area contributed by atoms with Crippen molar-refractivity contribution >= 4 is 35.2 Å². The smallest absolute Gasteiger partial charge is 0.202 e. The lowest BCUT2D eigenvalue weighted by molar-refractivity contribution is 0.291.